The topological polar surface area (TPSA) is 45.2 Å². The molecule has 1 N–H and O–H groups in total. The Morgan fingerprint density at radius 3 is 3.00 bits per heavy atom. The molecule has 0 radical (unpaired) electrons. The molecule has 1 aliphatic rings. The van der Waals surface area contributed by atoms with Crippen molar-refractivity contribution in [3.05, 3.63) is 51.7 Å². The highest BCUT2D eigenvalue weighted by atomic mass is 32.1. The van der Waals surface area contributed by atoms with Crippen LogP contribution in [0, 0.1) is 0 Å². The van der Waals surface area contributed by atoms with Crippen LogP contribution in [0.2, 0.25) is 0 Å². The normalized spacial score (nSPS) is 16.2. The van der Waals surface area contributed by atoms with Gasteiger partial charge >= 0.3 is 0 Å². The van der Waals surface area contributed by atoms with Crippen LogP contribution in [-0.2, 0) is 0 Å². The number of nitrogens with one attached hydrogen (secondary N) is 1. The van der Waals surface area contributed by atoms with Gasteiger partial charge in [-0.1, -0.05) is 0 Å². The first kappa shape index (κ1) is 14.8. The van der Waals surface area contributed by atoms with Crippen molar-refractivity contribution in [1.29, 1.82) is 0 Å². The average Bonchev–Trinajstić information content (AvgIpc) is 3.18. The highest BCUT2D eigenvalue weighted by molar-refractivity contribution is 7.16. The molecule has 1 aliphatic heterocycles. The summed E-state index contributed by atoms with van der Waals surface area (Å²) >= 11 is 3.27. The second-order valence-electron chi connectivity index (χ2n) is 5.71. The lowest BCUT2D eigenvalue weighted by atomic mass is 10.0. The summed E-state index contributed by atoms with van der Waals surface area (Å²) in [4.78, 5) is 19.1. The van der Waals surface area contributed by atoms with Gasteiger partial charge in [-0.3, -0.25) is 9.69 Å². The zero-order valence-electron chi connectivity index (χ0n) is 12.6. The van der Waals surface area contributed by atoms with E-state index in [-0.39, 0.29) is 11.9 Å². The Morgan fingerprint density at radius 1 is 1.35 bits per heavy atom. The Hall–Kier alpha value is -1.76. The molecule has 118 valence electrons. The molecule has 2 aromatic heterocycles. The van der Waals surface area contributed by atoms with Gasteiger partial charge in [0.25, 0.3) is 5.91 Å². The molecule has 0 unspecified atom stereocenters. The molecular formula is C17H17N3OS2. The van der Waals surface area contributed by atoms with Gasteiger partial charge in [0.05, 0.1) is 21.8 Å². The molecule has 23 heavy (non-hydrogen) atoms. The maximum absolute atomic E-state index is 12.5. The summed E-state index contributed by atoms with van der Waals surface area (Å²) in [6.45, 7) is 2.88. The van der Waals surface area contributed by atoms with Gasteiger partial charge < -0.3 is 5.32 Å². The first-order valence-electron chi connectivity index (χ1n) is 7.69. The highest BCUT2D eigenvalue weighted by Crippen LogP contribution is 2.27. The van der Waals surface area contributed by atoms with E-state index in [0.717, 1.165) is 23.3 Å². The number of benzene rings is 1. The lowest BCUT2D eigenvalue weighted by molar-refractivity contribution is 0.0885. The first-order chi connectivity index (χ1) is 11.3. The van der Waals surface area contributed by atoms with E-state index in [0.29, 0.717) is 12.1 Å². The van der Waals surface area contributed by atoms with Crippen molar-refractivity contribution in [2.24, 2.45) is 0 Å². The Morgan fingerprint density at radius 2 is 2.26 bits per heavy atom. The smallest absolute Gasteiger partial charge is 0.251 e. The number of aromatic nitrogens is 1. The number of fused-ring (bicyclic) bond motifs is 1. The van der Waals surface area contributed by atoms with Crippen LogP contribution in [0.5, 0.6) is 0 Å². The number of thiophene rings is 1. The van der Waals surface area contributed by atoms with Gasteiger partial charge in [0.15, 0.2) is 0 Å². The number of hydrogen-bond donors (Lipinski definition) is 1. The molecule has 1 amide bonds. The van der Waals surface area contributed by atoms with E-state index in [1.54, 1.807) is 22.7 Å². The number of likely N-dealkylation sites (tertiary alicyclic amines) is 1. The summed E-state index contributed by atoms with van der Waals surface area (Å²) in [7, 11) is 0. The van der Waals surface area contributed by atoms with E-state index >= 15 is 0 Å². The van der Waals surface area contributed by atoms with Gasteiger partial charge in [-0.25, -0.2) is 4.98 Å². The van der Waals surface area contributed by atoms with Crippen LogP contribution in [0.4, 0.5) is 0 Å². The molecule has 1 aromatic carbocycles. The minimum absolute atomic E-state index is 0.0129. The Labute approximate surface area is 142 Å². The number of nitrogens with zero attached hydrogens (tertiary/aromatic N) is 2. The quantitative estimate of drug-likeness (QED) is 0.771. The fraction of sp³-hybridized carbons (Fsp3) is 0.294. The molecule has 0 aliphatic carbocycles. The van der Waals surface area contributed by atoms with Crippen molar-refractivity contribution in [3.63, 3.8) is 0 Å². The van der Waals surface area contributed by atoms with Crippen molar-refractivity contribution < 1.29 is 4.79 Å². The molecule has 0 bridgehead atoms. The van der Waals surface area contributed by atoms with Crippen molar-refractivity contribution in [2.75, 3.05) is 19.6 Å². The number of carbonyl (C=O) groups excluding carboxylic acids is 1. The SMILES string of the molecule is O=C(NC[C@@H](c1ccsc1)N1CCC1)c1ccc2ncsc2c1. The van der Waals surface area contributed by atoms with Crippen LogP contribution in [0.1, 0.15) is 28.4 Å². The van der Waals surface area contributed by atoms with E-state index in [2.05, 4.69) is 32.0 Å². The van der Waals surface area contributed by atoms with Crippen LogP contribution in [0.15, 0.2) is 40.5 Å². The molecule has 0 spiro atoms. The minimum atomic E-state index is -0.0129. The number of rotatable bonds is 5. The van der Waals surface area contributed by atoms with Gasteiger partial charge in [-0.2, -0.15) is 11.3 Å². The summed E-state index contributed by atoms with van der Waals surface area (Å²) in [6.07, 6.45) is 1.25. The summed E-state index contributed by atoms with van der Waals surface area (Å²) in [5.41, 5.74) is 4.76. The van der Waals surface area contributed by atoms with Gasteiger partial charge in [0.1, 0.15) is 0 Å². The van der Waals surface area contributed by atoms with E-state index in [4.69, 9.17) is 0 Å². The van der Waals surface area contributed by atoms with Crippen LogP contribution in [-0.4, -0.2) is 35.4 Å². The van der Waals surface area contributed by atoms with Crippen LogP contribution in [0.25, 0.3) is 10.2 Å². The van der Waals surface area contributed by atoms with Crippen LogP contribution < -0.4 is 5.32 Å². The summed E-state index contributed by atoms with van der Waals surface area (Å²) in [5.74, 6) is -0.0129. The third kappa shape index (κ3) is 3.02. The fourth-order valence-electron chi connectivity index (χ4n) is 2.86. The number of thiazole rings is 1. The van der Waals surface area contributed by atoms with Crippen LogP contribution in [0.3, 0.4) is 0 Å². The van der Waals surface area contributed by atoms with E-state index < -0.39 is 0 Å². The predicted molar refractivity (Wildman–Crippen MR) is 95.2 cm³/mol. The third-order valence-electron chi connectivity index (χ3n) is 4.31. The minimum Gasteiger partial charge on any atom is -0.350 e. The molecule has 1 saturated heterocycles. The molecule has 0 saturated carbocycles. The number of hydrogen-bond acceptors (Lipinski definition) is 5. The van der Waals surface area contributed by atoms with Gasteiger partial charge in [0, 0.05) is 25.2 Å². The molecule has 4 nitrogen and oxygen atoms in total. The van der Waals surface area contributed by atoms with Gasteiger partial charge in [0.2, 0.25) is 0 Å². The summed E-state index contributed by atoms with van der Waals surface area (Å²) < 4.78 is 1.05. The lowest BCUT2D eigenvalue weighted by Gasteiger charge is -2.38. The average molecular weight is 343 g/mol. The molecule has 1 atom stereocenters. The van der Waals surface area contributed by atoms with E-state index in [9.17, 15) is 4.79 Å². The second-order valence-corrected chi connectivity index (χ2v) is 7.37. The number of amides is 1. The molecular weight excluding hydrogens is 326 g/mol. The first-order valence-corrected chi connectivity index (χ1v) is 9.51. The van der Waals surface area contributed by atoms with Crippen molar-refractivity contribution in [3.8, 4) is 0 Å². The molecule has 1 fully saturated rings. The maximum Gasteiger partial charge on any atom is 0.251 e. The summed E-state index contributed by atoms with van der Waals surface area (Å²) in [5, 5.41) is 7.38. The predicted octanol–water partition coefficient (Wildman–Crippen LogP) is 3.53. The van der Waals surface area contributed by atoms with Crippen molar-refractivity contribution in [2.45, 2.75) is 12.5 Å². The molecule has 4 rings (SSSR count). The lowest BCUT2D eigenvalue weighted by Crippen LogP contribution is -2.45. The van der Waals surface area contributed by atoms with Gasteiger partial charge in [-0.05, 0) is 47.0 Å². The Bertz CT molecular complexity index is 808. The highest BCUT2D eigenvalue weighted by Gasteiger charge is 2.26. The van der Waals surface area contributed by atoms with Crippen molar-refractivity contribution >= 4 is 38.8 Å². The fourth-order valence-corrected chi connectivity index (χ4v) is 4.29. The zero-order valence-corrected chi connectivity index (χ0v) is 14.2. The Kier molecular flexibility index (Phi) is 4.11. The molecule has 6 heteroatoms. The maximum atomic E-state index is 12.5. The van der Waals surface area contributed by atoms with Gasteiger partial charge in [-0.15, -0.1) is 11.3 Å². The zero-order chi connectivity index (χ0) is 15.6. The Balaban J connectivity index is 1.46. The largest absolute Gasteiger partial charge is 0.350 e. The molecule has 3 heterocycles. The number of carbonyl (C=O) groups is 1. The molecule has 3 aromatic rings. The monoisotopic (exact) mass is 343 g/mol. The third-order valence-corrected chi connectivity index (χ3v) is 5.80. The van der Waals surface area contributed by atoms with Crippen molar-refractivity contribution in [1.82, 2.24) is 15.2 Å². The standard InChI is InChI=1S/C17H17N3OS2/c21-17(12-2-3-14-16(8-12)23-11-19-14)18-9-15(20-5-1-6-20)13-4-7-22-10-13/h2-4,7-8,10-11,15H,1,5-6,9H2,(H,18,21)/t15-/m0/s1. The summed E-state index contributed by atoms with van der Waals surface area (Å²) in [6, 6.07) is 8.12. The second kappa shape index (κ2) is 6.39. The van der Waals surface area contributed by atoms with E-state index in [1.807, 2.05) is 23.7 Å². The van der Waals surface area contributed by atoms with Crippen LogP contribution >= 0.6 is 22.7 Å². The van der Waals surface area contributed by atoms with E-state index in [1.165, 1.54) is 12.0 Å².